The molecule has 0 fully saturated rings. The van der Waals surface area contributed by atoms with Crippen molar-refractivity contribution in [3.8, 4) is 11.4 Å². The van der Waals surface area contributed by atoms with Gasteiger partial charge in [-0.3, -0.25) is 0 Å². The predicted molar refractivity (Wildman–Crippen MR) is 102 cm³/mol. The van der Waals surface area contributed by atoms with E-state index in [0.717, 1.165) is 28.0 Å². The summed E-state index contributed by atoms with van der Waals surface area (Å²) in [7, 11) is 0. The Hall–Kier alpha value is -2.62. The lowest BCUT2D eigenvalue weighted by atomic mass is 10.1. The fourth-order valence-electron chi connectivity index (χ4n) is 3.03. The van der Waals surface area contributed by atoms with Crippen LogP contribution < -0.4 is 0 Å². The first kappa shape index (κ1) is 15.9. The molecule has 0 aliphatic rings. The van der Waals surface area contributed by atoms with Gasteiger partial charge in [0.2, 0.25) is 0 Å². The minimum absolute atomic E-state index is 0.433. The lowest BCUT2D eigenvalue weighted by molar-refractivity contribution is 0.158. The number of fused-ring (bicyclic) bond motifs is 1. The second kappa shape index (κ2) is 6.71. The van der Waals surface area contributed by atoms with Crippen molar-refractivity contribution < 1.29 is 5.11 Å². The summed E-state index contributed by atoms with van der Waals surface area (Å²) in [5.41, 5.74) is 3.78. The van der Waals surface area contributed by atoms with Crippen LogP contribution in [0, 0.1) is 0 Å². The maximum absolute atomic E-state index is 10.7. The number of aliphatic hydroxyl groups excluding tert-OH is 1. The Labute approximate surface area is 151 Å². The number of halogens is 1. The molecule has 25 heavy (non-hydrogen) atoms. The molecule has 4 aromatic rings. The number of aromatic nitrogens is 2. The molecular formula is C21H17ClN2O. The largest absolute Gasteiger partial charge is 0.387 e. The van der Waals surface area contributed by atoms with Crippen molar-refractivity contribution >= 4 is 22.6 Å². The quantitative estimate of drug-likeness (QED) is 0.557. The number of hydrogen-bond donors (Lipinski definition) is 1. The van der Waals surface area contributed by atoms with E-state index in [1.165, 1.54) is 0 Å². The number of imidazole rings is 1. The zero-order valence-corrected chi connectivity index (χ0v) is 14.3. The summed E-state index contributed by atoms with van der Waals surface area (Å²) >= 11 is 6.01. The summed E-state index contributed by atoms with van der Waals surface area (Å²) in [5, 5.41) is 11.4. The molecule has 0 saturated heterocycles. The third-order valence-corrected chi connectivity index (χ3v) is 4.55. The Morgan fingerprint density at radius 3 is 2.32 bits per heavy atom. The molecule has 0 radical (unpaired) electrons. The zero-order chi connectivity index (χ0) is 17.2. The molecule has 0 bridgehead atoms. The van der Waals surface area contributed by atoms with Gasteiger partial charge in [0.05, 0.1) is 23.7 Å². The average molecular weight is 349 g/mol. The van der Waals surface area contributed by atoms with E-state index in [2.05, 4.69) is 4.57 Å². The summed E-state index contributed by atoms with van der Waals surface area (Å²) in [5.74, 6) is 0.827. The van der Waals surface area contributed by atoms with Gasteiger partial charge in [0.25, 0.3) is 0 Å². The van der Waals surface area contributed by atoms with Gasteiger partial charge in [0.1, 0.15) is 5.82 Å². The predicted octanol–water partition coefficient (Wildman–Crippen LogP) is 5.09. The minimum Gasteiger partial charge on any atom is -0.387 e. The van der Waals surface area contributed by atoms with Crippen LogP contribution in [0.2, 0.25) is 5.02 Å². The summed E-state index contributed by atoms with van der Waals surface area (Å²) in [6.07, 6.45) is -0.607. The smallest absolute Gasteiger partial charge is 0.141 e. The van der Waals surface area contributed by atoms with E-state index in [4.69, 9.17) is 16.6 Å². The highest BCUT2D eigenvalue weighted by atomic mass is 35.5. The van der Waals surface area contributed by atoms with Crippen LogP contribution in [0.15, 0.2) is 78.9 Å². The van der Waals surface area contributed by atoms with Crippen LogP contribution >= 0.6 is 11.6 Å². The highest BCUT2D eigenvalue weighted by Crippen LogP contribution is 2.28. The molecule has 1 aromatic heterocycles. The van der Waals surface area contributed by atoms with E-state index in [-0.39, 0.29) is 0 Å². The van der Waals surface area contributed by atoms with Crippen molar-refractivity contribution in [2.45, 2.75) is 12.6 Å². The molecule has 1 atom stereocenters. The lowest BCUT2D eigenvalue weighted by Crippen LogP contribution is -2.10. The SMILES string of the molecule is O[C@H](Cn1c(-c2ccc(Cl)cc2)nc2ccccc21)c1ccccc1. The van der Waals surface area contributed by atoms with Gasteiger partial charge >= 0.3 is 0 Å². The number of rotatable bonds is 4. The molecule has 4 heteroatoms. The Bertz CT molecular complexity index is 994. The van der Waals surface area contributed by atoms with E-state index in [1.807, 2.05) is 78.9 Å². The topological polar surface area (TPSA) is 38.0 Å². The first-order valence-corrected chi connectivity index (χ1v) is 8.54. The van der Waals surface area contributed by atoms with Gasteiger partial charge in [-0.25, -0.2) is 4.98 Å². The molecule has 124 valence electrons. The summed E-state index contributed by atoms with van der Waals surface area (Å²) in [6, 6.07) is 25.3. The van der Waals surface area contributed by atoms with Crippen LogP contribution in [0.4, 0.5) is 0 Å². The summed E-state index contributed by atoms with van der Waals surface area (Å²) in [4.78, 5) is 4.77. The molecule has 1 heterocycles. The lowest BCUT2D eigenvalue weighted by Gasteiger charge is -2.15. The summed E-state index contributed by atoms with van der Waals surface area (Å²) < 4.78 is 2.07. The molecule has 0 saturated carbocycles. The first-order valence-electron chi connectivity index (χ1n) is 8.16. The Balaban J connectivity index is 1.81. The number of para-hydroxylation sites is 2. The monoisotopic (exact) mass is 348 g/mol. The average Bonchev–Trinajstić information content (AvgIpc) is 3.02. The normalized spacial score (nSPS) is 12.4. The van der Waals surface area contributed by atoms with Crippen molar-refractivity contribution in [1.82, 2.24) is 9.55 Å². The standard InChI is InChI=1S/C21H17ClN2O/c22-17-12-10-16(11-13-17)21-23-18-8-4-5-9-19(18)24(21)14-20(25)15-6-2-1-3-7-15/h1-13,20,25H,14H2/t20-/m1/s1. The molecule has 1 N–H and O–H groups in total. The second-order valence-corrected chi connectivity index (χ2v) is 6.40. The highest BCUT2D eigenvalue weighted by molar-refractivity contribution is 6.30. The van der Waals surface area contributed by atoms with Gasteiger partial charge in [0, 0.05) is 10.6 Å². The molecular weight excluding hydrogens is 332 g/mol. The molecule has 0 spiro atoms. The molecule has 4 rings (SSSR count). The van der Waals surface area contributed by atoms with Crippen LogP contribution in [0.3, 0.4) is 0 Å². The number of nitrogens with zero attached hydrogens (tertiary/aromatic N) is 2. The van der Waals surface area contributed by atoms with Crippen LogP contribution in [0.5, 0.6) is 0 Å². The van der Waals surface area contributed by atoms with Crippen molar-refractivity contribution in [1.29, 1.82) is 0 Å². The number of aliphatic hydroxyl groups is 1. The fourth-order valence-corrected chi connectivity index (χ4v) is 3.16. The third kappa shape index (κ3) is 3.16. The van der Waals surface area contributed by atoms with Crippen LogP contribution in [0.25, 0.3) is 22.4 Å². The zero-order valence-electron chi connectivity index (χ0n) is 13.5. The van der Waals surface area contributed by atoms with Crippen LogP contribution in [-0.2, 0) is 6.54 Å². The molecule has 3 nitrogen and oxygen atoms in total. The first-order chi connectivity index (χ1) is 12.2. The van der Waals surface area contributed by atoms with Gasteiger partial charge in [-0.15, -0.1) is 0 Å². The Kier molecular flexibility index (Phi) is 4.26. The minimum atomic E-state index is -0.607. The van der Waals surface area contributed by atoms with E-state index in [9.17, 15) is 5.11 Å². The van der Waals surface area contributed by atoms with Crippen LogP contribution in [-0.4, -0.2) is 14.7 Å². The number of hydrogen-bond acceptors (Lipinski definition) is 2. The van der Waals surface area contributed by atoms with Crippen molar-refractivity contribution in [3.63, 3.8) is 0 Å². The van der Waals surface area contributed by atoms with Gasteiger partial charge in [0.15, 0.2) is 0 Å². The fraction of sp³-hybridized carbons (Fsp3) is 0.0952. The third-order valence-electron chi connectivity index (χ3n) is 4.30. The van der Waals surface area contributed by atoms with Crippen molar-refractivity contribution in [2.24, 2.45) is 0 Å². The molecule has 3 aromatic carbocycles. The number of benzene rings is 3. The summed E-state index contributed by atoms with van der Waals surface area (Å²) in [6.45, 7) is 0.433. The van der Waals surface area contributed by atoms with E-state index in [0.29, 0.717) is 11.6 Å². The molecule has 0 aliphatic carbocycles. The van der Waals surface area contributed by atoms with Crippen LogP contribution in [0.1, 0.15) is 11.7 Å². The van der Waals surface area contributed by atoms with Gasteiger partial charge in [-0.05, 0) is 42.0 Å². The van der Waals surface area contributed by atoms with Gasteiger partial charge < -0.3 is 9.67 Å². The van der Waals surface area contributed by atoms with Gasteiger partial charge in [-0.1, -0.05) is 54.1 Å². The van der Waals surface area contributed by atoms with Crippen molar-refractivity contribution in [2.75, 3.05) is 0 Å². The highest BCUT2D eigenvalue weighted by Gasteiger charge is 2.16. The van der Waals surface area contributed by atoms with Gasteiger partial charge in [-0.2, -0.15) is 0 Å². The molecule has 0 aliphatic heterocycles. The Morgan fingerprint density at radius 1 is 0.880 bits per heavy atom. The maximum Gasteiger partial charge on any atom is 0.141 e. The van der Waals surface area contributed by atoms with Crippen molar-refractivity contribution in [3.05, 3.63) is 89.4 Å². The Morgan fingerprint density at radius 2 is 1.56 bits per heavy atom. The van der Waals surface area contributed by atoms with E-state index >= 15 is 0 Å². The van der Waals surface area contributed by atoms with E-state index in [1.54, 1.807) is 0 Å². The second-order valence-electron chi connectivity index (χ2n) is 5.97. The molecule has 0 amide bonds. The molecule has 0 unspecified atom stereocenters. The van der Waals surface area contributed by atoms with E-state index < -0.39 is 6.10 Å². The maximum atomic E-state index is 10.7.